The molecule has 92 valence electrons. The highest BCUT2D eigenvalue weighted by Crippen LogP contribution is 2.34. The molecule has 2 heterocycles. The summed E-state index contributed by atoms with van der Waals surface area (Å²) in [5, 5.41) is 1.44. The van der Waals surface area contributed by atoms with Crippen LogP contribution in [-0.4, -0.2) is 9.97 Å². The van der Waals surface area contributed by atoms with Gasteiger partial charge in [0.05, 0.1) is 10.6 Å². The highest BCUT2D eigenvalue weighted by Gasteiger charge is 2.30. The first-order chi connectivity index (χ1) is 8.45. The Hall–Kier alpha value is -1.75. The maximum Gasteiger partial charge on any atom is 0.416 e. The number of nitrogens with zero attached hydrogens (tertiary/aromatic N) is 1. The van der Waals surface area contributed by atoms with Crippen LogP contribution in [-0.2, 0) is 6.18 Å². The van der Waals surface area contributed by atoms with E-state index in [2.05, 4.69) is 9.97 Å². The second-order valence-electron chi connectivity index (χ2n) is 3.93. The molecule has 0 fully saturated rings. The molecule has 3 rings (SSSR count). The minimum Gasteiger partial charge on any atom is -0.339 e. The molecule has 0 aliphatic rings. The summed E-state index contributed by atoms with van der Waals surface area (Å²) in [6.45, 7) is 0. The molecule has 0 saturated heterocycles. The lowest BCUT2D eigenvalue weighted by Gasteiger charge is -2.05. The first kappa shape index (κ1) is 11.3. The predicted molar refractivity (Wildman–Crippen MR) is 63.6 cm³/mol. The smallest absolute Gasteiger partial charge is 0.339 e. The largest absolute Gasteiger partial charge is 0.416 e. The van der Waals surface area contributed by atoms with E-state index < -0.39 is 11.7 Å². The maximum atomic E-state index is 12.6. The third-order valence-electron chi connectivity index (χ3n) is 2.74. The summed E-state index contributed by atoms with van der Waals surface area (Å²) < 4.78 is 37.9. The van der Waals surface area contributed by atoms with E-state index in [0.717, 1.165) is 12.1 Å². The average molecular weight is 271 g/mol. The van der Waals surface area contributed by atoms with E-state index in [0.29, 0.717) is 27.0 Å². The van der Waals surface area contributed by atoms with Crippen molar-refractivity contribution in [1.82, 2.24) is 9.97 Å². The Morgan fingerprint density at radius 1 is 1.11 bits per heavy atom. The Morgan fingerprint density at radius 3 is 2.61 bits per heavy atom. The minimum atomic E-state index is -4.36. The van der Waals surface area contributed by atoms with Crippen LogP contribution in [0.25, 0.3) is 21.9 Å². The number of rotatable bonds is 0. The zero-order valence-corrected chi connectivity index (χ0v) is 9.60. The van der Waals surface area contributed by atoms with Gasteiger partial charge in [-0.2, -0.15) is 13.2 Å². The molecule has 6 heteroatoms. The molecule has 0 atom stereocenters. The van der Waals surface area contributed by atoms with Gasteiger partial charge in [0.15, 0.2) is 0 Å². The van der Waals surface area contributed by atoms with Crippen molar-refractivity contribution in [2.75, 3.05) is 0 Å². The Morgan fingerprint density at radius 2 is 1.89 bits per heavy atom. The van der Waals surface area contributed by atoms with Crippen LogP contribution < -0.4 is 0 Å². The highest BCUT2D eigenvalue weighted by atomic mass is 35.5. The third kappa shape index (κ3) is 1.71. The lowest BCUT2D eigenvalue weighted by molar-refractivity contribution is -0.137. The van der Waals surface area contributed by atoms with Crippen LogP contribution in [0, 0.1) is 0 Å². The van der Waals surface area contributed by atoms with E-state index in [1.165, 1.54) is 12.3 Å². The summed E-state index contributed by atoms with van der Waals surface area (Å²) in [5.74, 6) is 0. The summed E-state index contributed by atoms with van der Waals surface area (Å²) in [5.41, 5.74) is 0.442. The van der Waals surface area contributed by atoms with Crippen molar-refractivity contribution in [3.8, 4) is 0 Å². The molecule has 0 bridgehead atoms. The van der Waals surface area contributed by atoms with Crippen LogP contribution in [0.3, 0.4) is 0 Å². The fourth-order valence-corrected chi connectivity index (χ4v) is 2.08. The minimum absolute atomic E-state index is 0.390. The molecule has 0 unspecified atom stereocenters. The summed E-state index contributed by atoms with van der Waals surface area (Å²) in [6, 6.07) is 5.14. The van der Waals surface area contributed by atoms with Crippen LogP contribution in [0.5, 0.6) is 0 Å². The van der Waals surface area contributed by atoms with Crippen molar-refractivity contribution in [3.05, 3.63) is 41.0 Å². The molecule has 0 radical (unpaired) electrons. The second kappa shape index (κ2) is 3.62. The normalized spacial score (nSPS) is 12.4. The number of hydrogen-bond donors (Lipinski definition) is 1. The van der Waals surface area contributed by atoms with Gasteiger partial charge in [0.2, 0.25) is 0 Å². The van der Waals surface area contributed by atoms with Gasteiger partial charge in [-0.05, 0) is 24.3 Å². The van der Waals surface area contributed by atoms with Gasteiger partial charge in [-0.15, -0.1) is 0 Å². The van der Waals surface area contributed by atoms with Gasteiger partial charge in [0.1, 0.15) is 5.65 Å². The molecule has 1 aromatic carbocycles. The van der Waals surface area contributed by atoms with Crippen LogP contribution in [0.2, 0.25) is 5.02 Å². The van der Waals surface area contributed by atoms with Gasteiger partial charge in [-0.3, -0.25) is 0 Å². The van der Waals surface area contributed by atoms with Gasteiger partial charge in [0.25, 0.3) is 0 Å². The Labute approximate surface area is 104 Å². The standard InChI is InChI=1S/C12H6ClF3N2/c13-7-4-9-8-3-6(12(14,15)16)1-2-10(8)18-11(9)17-5-7/h1-5H,(H,17,18). The zero-order valence-electron chi connectivity index (χ0n) is 8.85. The van der Waals surface area contributed by atoms with Crippen molar-refractivity contribution < 1.29 is 13.2 Å². The molecule has 2 nitrogen and oxygen atoms in total. The summed E-state index contributed by atoms with van der Waals surface area (Å²) in [6.07, 6.45) is -2.91. The van der Waals surface area contributed by atoms with Crippen LogP contribution >= 0.6 is 11.6 Å². The Kier molecular flexibility index (Phi) is 2.28. The molecule has 0 spiro atoms. The van der Waals surface area contributed by atoms with E-state index in [-0.39, 0.29) is 0 Å². The summed E-state index contributed by atoms with van der Waals surface area (Å²) in [7, 11) is 0. The van der Waals surface area contributed by atoms with E-state index in [1.807, 2.05) is 0 Å². The van der Waals surface area contributed by atoms with Gasteiger partial charge >= 0.3 is 6.18 Å². The van der Waals surface area contributed by atoms with Gasteiger partial charge in [0, 0.05) is 22.5 Å². The monoisotopic (exact) mass is 270 g/mol. The quantitative estimate of drug-likeness (QED) is 0.645. The Bertz CT molecular complexity index is 746. The van der Waals surface area contributed by atoms with Gasteiger partial charge in [-0.25, -0.2) is 4.98 Å². The lowest BCUT2D eigenvalue weighted by atomic mass is 10.1. The van der Waals surface area contributed by atoms with Crippen molar-refractivity contribution in [3.63, 3.8) is 0 Å². The molecule has 0 amide bonds. The molecule has 3 aromatic rings. The number of halogens is 4. The molecule has 2 aromatic heterocycles. The van der Waals surface area contributed by atoms with Crippen molar-refractivity contribution in [2.45, 2.75) is 6.18 Å². The van der Waals surface area contributed by atoms with Crippen LogP contribution in [0.15, 0.2) is 30.5 Å². The first-order valence-corrected chi connectivity index (χ1v) is 5.47. The summed E-state index contributed by atoms with van der Waals surface area (Å²) >= 11 is 5.81. The molecule has 0 aliphatic heterocycles. The Balaban J connectivity index is 2.38. The van der Waals surface area contributed by atoms with E-state index in [4.69, 9.17) is 11.6 Å². The van der Waals surface area contributed by atoms with Crippen molar-refractivity contribution in [1.29, 1.82) is 0 Å². The molecular weight excluding hydrogens is 265 g/mol. The number of hydrogen-bond acceptors (Lipinski definition) is 1. The molecule has 18 heavy (non-hydrogen) atoms. The van der Waals surface area contributed by atoms with E-state index in [9.17, 15) is 13.2 Å². The number of nitrogens with one attached hydrogen (secondary N) is 1. The highest BCUT2D eigenvalue weighted by molar-refractivity contribution is 6.31. The fourth-order valence-electron chi connectivity index (χ4n) is 1.92. The number of benzene rings is 1. The zero-order chi connectivity index (χ0) is 12.9. The molecular formula is C12H6ClF3N2. The van der Waals surface area contributed by atoms with Crippen LogP contribution in [0.4, 0.5) is 13.2 Å². The number of aromatic amines is 1. The first-order valence-electron chi connectivity index (χ1n) is 5.09. The lowest BCUT2D eigenvalue weighted by Crippen LogP contribution is -2.03. The predicted octanol–water partition coefficient (Wildman–Crippen LogP) is 4.39. The number of alkyl halides is 3. The molecule has 1 N–H and O–H groups in total. The molecule has 0 saturated carbocycles. The average Bonchev–Trinajstić information content (AvgIpc) is 2.65. The second-order valence-corrected chi connectivity index (χ2v) is 4.37. The van der Waals surface area contributed by atoms with Crippen molar-refractivity contribution in [2.24, 2.45) is 0 Å². The maximum absolute atomic E-state index is 12.6. The van der Waals surface area contributed by atoms with E-state index >= 15 is 0 Å². The van der Waals surface area contributed by atoms with Gasteiger partial charge in [-0.1, -0.05) is 11.6 Å². The third-order valence-corrected chi connectivity index (χ3v) is 2.95. The number of H-pyrrole nitrogens is 1. The van der Waals surface area contributed by atoms with Gasteiger partial charge < -0.3 is 4.98 Å². The fraction of sp³-hybridized carbons (Fsp3) is 0.0833. The number of pyridine rings is 1. The number of aromatic nitrogens is 2. The van der Waals surface area contributed by atoms with Crippen LogP contribution in [0.1, 0.15) is 5.56 Å². The SMILES string of the molecule is FC(F)(F)c1ccc2[nH]c3ncc(Cl)cc3c2c1. The molecule has 0 aliphatic carbocycles. The van der Waals surface area contributed by atoms with Crippen molar-refractivity contribution >= 4 is 33.5 Å². The number of fused-ring (bicyclic) bond motifs is 3. The summed E-state index contributed by atoms with van der Waals surface area (Å²) in [4.78, 5) is 6.99. The topological polar surface area (TPSA) is 28.7 Å². The van der Waals surface area contributed by atoms with E-state index in [1.54, 1.807) is 6.07 Å².